The van der Waals surface area contributed by atoms with E-state index in [4.69, 9.17) is 4.42 Å². The van der Waals surface area contributed by atoms with E-state index in [0.29, 0.717) is 23.9 Å². The number of aliphatic hydroxyl groups is 1. The Morgan fingerprint density at radius 2 is 2.29 bits per heavy atom. The lowest BCUT2D eigenvalue weighted by atomic mass is 9.99. The van der Waals surface area contributed by atoms with Crippen molar-refractivity contribution in [3.63, 3.8) is 0 Å². The number of amides is 1. The first-order valence-electron chi connectivity index (χ1n) is 8.69. The summed E-state index contributed by atoms with van der Waals surface area (Å²) in [6, 6.07) is 7.51. The fourth-order valence-electron chi connectivity index (χ4n) is 3.23. The predicted octanol–water partition coefficient (Wildman–Crippen LogP) is 1.58. The SMILES string of the molecule is O=C(Cc1nc2ccccc2o1)NCCCN1CCCC(CO)C1. The molecule has 1 aliphatic rings. The standard InChI is InChI=1S/C18H25N3O3/c22-13-14-5-3-9-21(12-14)10-4-8-19-17(23)11-18-20-15-6-1-2-7-16(15)24-18/h1-2,6-7,14,22H,3-5,8-13H2,(H,19,23). The number of nitrogens with zero attached hydrogens (tertiary/aromatic N) is 2. The lowest BCUT2D eigenvalue weighted by Crippen LogP contribution is -2.38. The fraction of sp³-hybridized carbons (Fsp3) is 0.556. The number of benzene rings is 1. The van der Waals surface area contributed by atoms with Crippen molar-refractivity contribution in [2.45, 2.75) is 25.7 Å². The lowest BCUT2D eigenvalue weighted by Gasteiger charge is -2.31. The number of aromatic nitrogens is 1. The highest BCUT2D eigenvalue weighted by atomic mass is 16.3. The van der Waals surface area contributed by atoms with Crippen molar-refractivity contribution in [3.8, 4) is 0 Å². The average Bonchev–Trinajstić information content (AvgIpc) is 3.01. The molecule has 1 fully saturated rings. The van der Waals surface area contributed by atoms with Crippen LogP contribution in [0, 0.1) is 5.92 Å². The average molecular weight is 331 g/mol. The number of aliphatic hydroxyl groups excluding tert-OH is 1. The van der Waals surface area contributed by atoms with Crippen molar-refractivity contribution in [1.82, 2.24) is 15.2 Å². The van der Waals surface area contributed by atoms with Crippen LogP contribution in [0.3, 0.4) is 0 Å². The van der Waals surface area contributed by atoms with Gasteiger partial charge < -0.3 is 19.7 Å². The molecule has 2 heterocycles. The maximum Gasteiger partial charge on any atom is 0.229 e. The minimum Gasteiger partial charge on any atom is -0.440 e. The molecule has 2 aromatic rings. The van der Waals surface area contributed by atoms with Gasteiger partial charge in [-0.05, 0) is 50.4 Å². The Kier molecular flexibility index (Phi) is 5.82. The van der Waals surface area contributed by atoms with Gasteiger partial charge in [0.1, 0.15) is 11.9 Å². The van der Waals surface area contributed by atoms with Crippen molar-refractivity contribution in [2.75, 3.05) is 32.8 Å². The topological polar surface area (TPSA) is 78.6 Å². The number of oxazole rings is 1. The highest BCUT2D eigenvalue weighted by Crippen LogP contribution is 2.16. The number of likely N-dealkylation sites (tertiary alicyclic amines) is 1. The molecule has 0 saturated carbocycles. The maximum absolute atomic E-state index is 12.0. The summed E-state index contributed by atoms with van der Waals surface area (Å²) in [5.74, 6) is 0.802. The van der Waals surface area contributed by atoms with Crippen molar-refractivity contribution < 1.29 is 14.3 Å². The number of piperidine rings is 1. The van der Waals surface area contributed by atoms with Gasteiger partial charge in [-0.15, -0.1) is 0 Å². The number of carbonyl (C=O) groups excluding carboxylic acids is 1. The molecular weight excluding hydrogens is 306 g/mol. The second-order valence-electron chi connectivity index (χ2n) is 6.45. The Morgan fingerprint density at radius 3 is 3.12 bits per heavy atom. The number of para-hydroxylation sites is 2. The number of nitrogens with one attached hydrogen (secondary N) is 1. The Hall–Kier alpha value is -1.92. The van der Waals surface area contributed by atoms with E-state index in [1.165, 1.54) is 0 Å². The van der Waals surface area contributed by atoms with Crippen molar-refractivity contribution >= 4 is 17.0 Å². The largest absolute Gasteiger partial charge is 0.440 e. The molecule has 1 amide bonds. The molecule has 1 atom stereocenters. The number of carbonyl (C=O) groups is 1. The monoisotopic (exact) mass is 331 g/mol. The molecule has 0 aliphatic carbocycles. The summed E-state index contributed by atoms with van der Waals surface area (Å²) in [7, 11) is 0. The quantitative estimate of drug-likeness (QED) is 0.753. The normalized spacial score (nSPS) is 18.8. The highest BCUT2D eigenvalue weighted by molar-refractivity contribution is 5.79. The van der Waals surface area contributed by atoms with E-state index in [2.05, 4.69) is 15.2 Å². The van der Waals surface area contributed by atoms with Gasteiger partial charge in [0.25, 0.3) is 0 Å². The van der Waals surface area contributed by atoms with Crippen LogP contribution in [-0.2, 0) is 11.2 Å². The number of rotatable bonds is 7. The molecule has 1 aliphatic heterocycles. The third-order valence-corrected chi connectivity index (χ3v) is 4.48. The van der Waals surface area contributed by atoms with Gasteiger partial charge in [0, 0.05) is 19.7 Å². The van der Waals surface area contributed by atoms with Crippen LogP contribution in [0.15, 0.2) is 28.7 Å². The van der Waals surface area contributed by atoms with Crippen molar-refractivity contribution in [3.05, 3.63) is 30.2 Å². The van der Waals surface area contributed by atoms with Gasteiger partial charge in [-0.1, -0.05) is 12.1 Å². The van der Waals surface area contributed by atoms with Crippen LogP contribution in [0.1, 0.15) is 25.2 Å². The van der Waals surface area contributed by atoms with E-state index in [-0.39, 0.29) is 18.9 Å². The first kappa shape index (κ1) is 16.9. The summed E-state index contributed by atoms with van der Waals surface area (Å²) in [5.41, 5.74) is 1.49. The molecule has 130 valence electrons. The highest BCUT2D eigenvalue weighted by Gasteiger charge is 2.18. The van der Waals surface area contributed by atoms with Gasteiger partial charge in [0.15, 0.2) is 5.58 Å². The molecule has 0 bridgehead atoms. The number of fused-ring (bicyclic) bond motifs is 1. The molecule has 0 radical (unpaired) electrons. The van der Waals surface area contributed by atoms with Crippen molar-refractivity contribution in [2.24, 2.45) is 5.92 Å². The zero-order valence-corrected chi connectivity index (χ0v) is 13.9. The van der Waals surface area contributed by atoms with E-state index in [0.717, 1.165) is 44.4 Å². The summed E-state index contributed by atoms with van der Waals surface area (Å²) >= 11 is 0. The summed E-state index contributed by atoms with van der Waals surface area (Å²) in [6.07, 6.45) is 3.35. The molecule has 0 spiro atoms. The lowest BCUT2D eigenvalue weighted by molar-refractivity contribution is -0.120. The molecule has 3 rings (SSSR count). The van der Waals surface area contributed by atoms with Crippen LogP contribution in [0.2, 0.25) is 0 Å². The minimum absolute atomic E-state index is 0.0616. The van der Waals surface area contributed by atoms with E-state index < -0.39 is 0 Å². The smallest absolute Gasteiger partial charge is 0.229 e. The van der Waals surface area contributed by atoms with Crippen LogP contribution in [0.25, 0.3) is 11.1 Å². The summed E-state index contributed by atoms with van der Waals surface area (Å²) in [4.78, 5) is 18.7. The third-order valence-electron chi connectivity index (χ3n) is 4.48. The van der Waals surface area contributed by atoms with Crippen LogP contribution in [0.4, 0.5) is 0 Å². The third kappa shape index (κ3) is 4.55. The minimum atomic E-state index is -0.0616. The Labute approximate surface area is 141 Å². The van der Waals surface area contributed by atoms with E-state index in [9.17, 15) is 9.90 Å². The predicted molar refractivity (Wildman–Crippen MR) is 91.6 cm³/mol. The van der Waals surface area contributed by atoms with Crippen LogP contribution < -0.4 is 5.32 Å². The Morgan fingerprint density at radius 1 is 1.42 bits per heavy atom. The van der Waals surface area contributed by atoms with Gasteiger partial charge in [-0.3, -0.25) is 4.79 Å². The van der Waals surface area contributed by atoms with Gasteiger partial charge in [0.2, 0.25) is 11.8 Å². The molecule has 1 aromatic heterocycles. The Balaban J connectivity index is 1.36. The zero-order chi connectivity index (χ0) is 16.8. The summed E-state index contributed by atoms with van der Waals surface area (Å²) in [6.45, 7) is 3.94. The van der Waals surface area contributed by atoms with Gasteiger partial charge in [-0.2, -0.15) is 0 Å². The van der Waals surface area contributed by atoms with Gasteiger partial charge >= 0.3 is 0 Å². The zero-order valence-electron chi connectivity index (χ0n) is 13.9. The molecule has 1 aromatic carbocycles. The van der Waals surface area contributed by atoms with E-state index in [1.807, 2.05) is 24.3 Å². The molecule has 1 unspecified atom stereocenters. The molecule has 6 nitrogen and oxygen atoms in total. The number of hydrogen-bond donors (Lipinski definition) is 2. The maximum atomic E-state index is 12.0. The number of hydrogen-bond acceptors (Lipinski definition) is 5. The molecule has 1 saturated heterocycles. The first-order chi connectivity index (χ1) is 11.7. The Bertz CT molecular complexity index is 637. The molecule has 6 heteroatoms. The fourth-order valence-corrected chi connectivity index (χ4v) is 3.23. The molecule has 24 heavy (non-hydrogen) atoms. The van der Waals surface area contributed by atoms with Crippen LogP contribution >= 0.6 is 0 Å². The van der Waals surface area contributed by atoms with E-state index in [1.54, 1.807) is 0 Å². The molecule has 2 N–H and O–H groups in total. The van der Waals surface area contributed by atoms with Crippen LogP contribution in [-0.4, -0.2) is 53.7 Å². The van der Waals surface area contributed by atoms with E-state index >= 15 is 0 Å². The van der Waals surface area contributed by atoms with Crippen LogP contribution in [0.5, 0.6) is 0 Å². The summed E-state index contributed by atoms with van der Waals surface area (Å²) < 4.78 is 5.56. The summed E-state index contributed by atoms with van der Waals surface area (Å²) in [5, 5.41) is 12.2. The van der Waals surface area contributed by atoms with Crippen molar-refractivity contribution in [1.29, 1.82) is 0 Å². The molecular formula is C18H25N3O3. The second kappa shape index (κ2) is 8.26. The van der Waals surface area contributed by atoms with Gasteiger partial charge in [-0.25, -0.2) is 4.98 Å². The first-order valence-corrected chi connectivity index (χ1v) is 8.69. The second-order valence-corrected chi connectivity index (χ2v) is 6.45. The van der Waals surface area contributed by atoms with Gasteiger partial charge in [0.05, 0.1) is 0 Å².